The van der Waals surface area contributed by atoms with Crippen LogP contribution >= 0.6 is 0 Å². The first kappa shape index (κ1) is 18.8. The third-order valence-electron chi connectivity index (χ3n) is 5.07. The van der Waals surface area contributed by atoms with Crippen molar-refractivity contribution in [3.63, 3.8) is 0 Å². The summed E-state index contributed by atoms with van der Waals surface area (Å²) in [7, 11) is 1.30. The number of aromatic nitrogens is 4. The molecule has 0 bridgehead atoms. The van der Waals surface area contributed by atoms with Crippen molar-refractivity contribution >= 4 is 11.9 Å². The van der Waals surface area contributed by atoms with Crippen LogP contribution in [-0.4, -0.2) is 50.2 Å². The molecule has 0 saturated heterocycles. The van der Waals surface area contributed by atoms with Crippen molar-refractivity contribution in [1.29, 1.82) is 0 Å². The number of hydrogen-bond donors (Lipinski definition) is 0. The van der Waals surface area contributed by atoms with E-state index in [1.807, 2.05) is 25.1 Å². The molecule has 4 rings (SSSR count). The van der Waals surface area contributed by atoms with Crippen molar-refractivity contribution in [2.24, 2.45) is 0 Å². The molecular weight excluding hydrogens is 370 g/mol. The Morgan fingerprint density at radius 1 is 1.14 bits per heavy atom. The Hall–Kier alpha value is -3.55. The maximum atomic E-state index is 13.2. The molecule has 8 nitrogen and oxygen atoms in total. The molecule has 3 aromatic rings. The van der Waals surface area contributed by atoms with Gasteiger partial charge in [0.05, 0.1) is 30.8 Å². The smallest absolute Gasteiger partial charge is 0.339 e. The van der Waals surface area contributed by atoms with E-state index in [9.17, 15) is 9.59 Å². The highest BCUT2D eigenvalue weighted by Crippen LogP contribution is 2.26. The first-order chi connectivity index (χ1) is 14.1. The van der Waals surface area contributed by atoms with E-state index in [0.717, 1.165) is 18.1 Å². The van der Waals surface area contributed by atoms with Crippen LogP contribution in [0.2, 0.25) is 0 Å². The second-order valence-electron chi connectivity index (χ2n) is 7.02. The Morgan fingerprint density at radius 3 is 2.66 bits per heavy atom. The highest BCUT2D eigenvalue weighted by Gasteiger charge is 2.31. The van der Waals surface area contributed by atoms with Gasteiger partial charge >= 0.3 is 5.97 Å². The number of nitrogens with zero attached hydrogens (tertiary/aromatic N) is 5. The van der Waals surface area contributed by atoms with Crippen molar-refractivity contribution in [3.05, 3.63) is 77.1 Å². The fourth-order valence-corrected chi connectivity index (χ4v) is 3.73. The quantitative estimate of drug-likeness (QED) is 0.634. The lowest BCUT2D eigenvalue weighted by Crippen LogP contribution is -2.42. The average Bonchev–Trinajstić information content (AvgIpc) is 3.14. The highest BCUT2D eigenvalue weighted by molar-refractivity contribution is 5.97. The molecular formula is C21H21N5O3. The summed E-state index contributed by atoms with van der Waals surface area (Å²) in [6.45, 7) is 2.80. The van der Waals surface area contributed by atoms with Crippen molar-refractivity contribution in [2.45, 2.75) is 25.9 Å². The molecule has 0 aliphatic carbocycles. The van der Waals surface area contributed by atoms with Gasteiger partial charge in [-0.15, -0.1) is 10.2 Å². The first-order valence-corrected chi connectivity index (χ1v) is 9.33. The van der Waals surface area contributed by atoms with Crippen LogP contribution in [0.25, 0.3) is 0 Å². The van der Waals surface area contributed by atoms with Gasteiger partial charge in [0.15, 0.2) is 5.82 Å². The number of esters is 1. The maximum absolute atomic E-state index is 13.2. The van der Waals surface area contributed by atoms with E-state index < -0.39 is 5.97 Å². The zero-order chi connectivity index (χ0) is 20.4. The minimum Gasteiger partial charge on any atom is -0.465 e. The van der Waals surface area contributed by atoms with Gasteiger partial charge in [-0.2, -0.15) is 0 Å². The predicted molar refractivity (Wildman–Crippen MR) is 104 cm³/mol. The number of rotatable bonds is 4. The molecule has 1 aliphatic rings. The number of benzene rings is 1. The van der Waals surface area contributed by atoms with Crippen LogP contribution in [0.4, 0.5) is 0 Å². The number of pyridine rings is 1. The summed E-state index contributed by atoms with van der Waals surface area (Å²) in [5, 5.41) is 8.47. The molecule has 148 valence electrons. The molecule has 0 spiro atoms. The maximum Gasteiger partial charge on any atom is 0.339 e. The lowest BCUT2D eigenvalue weighted by atomic mass is 10.0. The molecule has 0 N–H and O–H groups in total. The summed E-state index contributed by atoms with van der Waals surface area (Å²) >= 11 is 0. The summed E-state index contributed by atoms with van der Waals surface area (Å²) in [6, 6.07) is 11.7. The topological polar surface area (TPSA) is 90.2 Å². The van der Waals surface area contributed by atoms with Gasteiger partial charge in [-0.05, 0) is 25.0 Å². The number of amides is 1. The third kappa shape index (κ3) is 3.73. The second kappa shape index (κ2) is 7.83. The van der Waals surface area contributed by atoms with E-state index >= 15 is 0 Å². The van der Waals surface area contributed by atoms with Crippen LogP contribution in [0.1, 0.15) is 44.0 Å². The van der Waals surface area contributed by atoms with E-state index in [-0.39, 0.29) is 17.5 Å². The number of carbonyl (C=O) groups is 2. The number of aryl methyl sites for hydroxylation is 1. The van der Waals surface area contributed by atoms with Gasteiger partial charge in [0.2, 0.25) is 0 Å². The number of methoxy groups -OCH3 is 1. The van der Waals surface area contributed by atoms with Gasteiger partial charge in [0.25, 0.3) is 5.91 Å². The highest BCUT2D eigenvalue weighted by atomic mass is 16.5. The monoisotopic (exact) mass is 391 g/mol. The summed E-state index contributed by atoms with van der Waals surface area (Å²) in [5.41, 5.74) is 1.77. The molecule has 0 unspecified atom stereocenters. The Bertz CT molecular complexity index is 1050. The van der Waals surface area contributed by atoms with Crippen LogP contribution < -0.4 is 0 Å². The summed E-state index contributed by atoms with van der Waals surface area (Å²) in [4.78, 5) is 30.7. The second-order valence-corrected chi connectivity index (χ2v) is 7.02. The summed E-state index contributed by atoms with van der Waals surface area (Å²) in [5.74, 6) is 0.860. The van der Waals surface area contributed by atoms with Gasteiger partial charge in [-0.1, -0.05) is 30.3 Å². The fourth-order valence-electron chi connectivity index (χ4n) is 3.73. The molecule has 1 atom stereocenters. The van der Waals surface area contributed by atoms with Gasteiger partial charge in [0.1, 0.15) is 5.82 Å². The summed E-state index contributed by atoms with van der Waals surface area (Å²) < 4.78 is 6.83. The average molecular weight is 391 g/mol. The molecule has 0 saturated carbocycles. The van der Waals surface area contributed by atoms with Crippen LogP contribution in [-0.2, 0) is 17.7 Å². The van der Waals surface area contributed by atoms with Gasteiger partial charge in [-0.3, -0.25) is 9.78 Å². The van der Waals surface area contributed by atoms with Crippen LogP contribution in [0.3, 0.4) is 0 Å². The minimum absolute atomic E-state index is 0.0249. The normalized spacial score (nSPS) is 15.7. The van der Waals surface area contributed by atoms with Crippen molar-refractivity contribution in [3.8, 4) is 0 Å². The molecule has 29 heavy (non-hydrogen) atoms. The standard InChI is InChI=1S/C21H21N5O3/c1-14-23-24-19-13-25(12-18(26(14)19)8-15-6-4-3-5-7-15)20(27)16-9-17(11-22-10-16)21(28)29-2/h3-7,9-11,18H,8,12-13H2,1-2H3/t18-/m1/s1. The fraction of sp³-hybridized carbons (Fsp3) is 0.286. The zero-order valence-electron chi connectivity index (χ0n) is 16.3. The molecule has 8 heteroatoms. The third-order valence-corrected chi connectivity index (χ3v) is 5.07. The van der Waals surface area contributed by atoms with Crippen molar-refractivity contribution < 1.29 is 14.3 Å². The van der Waals surface area contributed by atoms with E-state index in [2.05, 4.69) is 31.9 Å². The van der Waals surface area contributed by atoms with E-state index in [0.29, 0.717) is 18.7 Å². The number of fused-ring (bicyclic) bond motifs is 1. The molecule has 2 aromatic heterocycles. The van der Waals surface area contributed by atoms with Crippen LogP contribution in [0, 0.1) is 6.92 Å². The summed E-state index contributed by atoms with van der Waals surface area (Å²) in [6.07, 6.45) is 3.61. The van der Waals surface area contributed by atoms with E-state index in [1.54, 1.807) is 4.90 Å². The van der Waals surface area contributed by atoms with E-state index in [4.69, 9.17) is 4.74 Å². The molecule has 0 fully saturated rings. The Morgan fingerprint density at radius 2 is 1.90 bits per heavy atom. The van der Waals surface area contributed by atoms with Crippen molar-refractivity contribution in [1.82, 2.24) is 24.6 Å². The van der Waals surface area contributed by atoms with Gasteiger partial charge in [-0.25, -0.2) is 4.79 Å². The Balaban J connectivity index is 1.62. The largest absolute Gasteiger partial charge is 0.465 e. The van der Waals surface area contributed by atoms with Crippen LogP contribution in [0.15, 0.2) is 48.8 Å². The number of hydrogen-bond acceptors (Lipinski definition) is 6. The van der Waals surface area contributed by atoms with Crippen LogP contribution in [0.5, 0.6) is 0 Å². The Labute approximate surface area is 168 Å². The van der Waals surface area contributed by atoms with Gasteiger partial charge < -0.3 is 14.2 Å². The van der Waals surface area contributed by atoms with E-state index in [1.165, 1.54) is 31.1 Å². The molecule has 0 radical (unpaired) electrons. The molecule has 1 amide bonds. The molecule has 1 aliphatic heterocycles. The van der Waals surface area contributed by atoms with Gasteiger partial charge in [0, 0.05) is 18.9 Å². The zero-order valence-corrected chi connectivity index (χ0v) is 16.3. The SMILES string of the molecule is COC(=O)c1cncc(C(=O)N2Cc3nnc(C)n3[C@H](Cc3ccccc3)C2)c1. The molecule has 1 aromatic carbocycles. The number of carbonyl (C=O) groups excluding carboxylic acids is 2. The predicted octanol–water partition coefficient (Wildman–Crippen LogP) is 2.21. The Kier molecular flexibility index (Phi) is 5.07. The van der Waals surface area contributed by atoms with Crippen molar-refractivity contribution in [2.75, 3.05) is 13.7 Å². The minimum atomic E-state index is -0.525. The first-order valence-electron chi connectivity index (χ1n) is 9.33. The number of ether oxygens (including phenoxy) is 1. The molecule has 3 heterocycles. The lowest BCUT2D eigenvalue weighted by Gasteiger charge is -2.34. The lowest BCUT2D eigenvalue weighted by molar-refractivity contribution is 0.0600.